The van der Waals surface area contributed by atoms with Crippen LogP contribution in [0.15, 0.2) is 54.6 Å². The third-order valence-corrected chi connectivity index (χ3v) is 6.12. The van der Waals surface area contributed by atoms with Gasteiger partial charge in [0.05, 0.1) is 24.0 Å². The highest BCUT2D eigenvalue weighted by molar-refractivity contribution is 5.83. The molecule has 5 rings (SSSR count). The molecule has 1 fully saturated rings. The summed E-state index contributed by atoms with van der Waals surface area (Å²) in [5.41, 5.74) is 5.83. The van der Waals surface area contributed by atoms with Crippen molar-refractivity contribution < 1.29 is 9.50 Å². The third-order valence-electron chi connectivity index (χ3n) is 6.12. The van der Waals surface area contributed by atoms with Gasteiger partial charge in [-0.1, -0.05) is 42.0 Å². The van der Waals surface area contributed by atoms with Gasteiger partial charge in [0.15, 0.2) is 5.65 Å². The Labute approximate surface area is 180 Å². The molecule has 4 aromatic rings. The van der Waals surface area contributed by atoms with E-state index >= 15 is 0 Å². The third kappa shape index (κ3) is 3.37. The maximum Gasteiger partial charge on any atom is 0.166 e. The van der Waals surface area contributed by atoms with Gasteiger partial charge < -0.3 is 10.0 Å². The highest BCUT2D eigenvalue weighted by Gasteiger charge is 2.27. The lowest BCUT2D eigenvalue weighted by Gasteiger charge is -2.25. The molecule has 0 saturated carbocycles. The van der Waals surface area contributed by atoms with Gasteiger partial charge in [0.2, 0.25) is 0 Å². The number of rotatable bonds is 4. The van der Waals surface area contributed by atoms with Crippen LogP contribution in [0.4, 0.5) is 10.2 Å². The van der Waals surface area contributed by atoms with Gasteiger partial charge in [-0.15, -0.1) is 0 Å². The summed E-state index contributed by atoms with van der Waals surface area (Å²) >= 11 is 0. The monoisotopic (exact) mass is 416 g/mol. The van der Waals surface area contributed by atoms with E-state index in [1.807, 2.05) is 19.1 Å². The van der Waals surface area contributed by atoms with E-state index in [-0.39, 0.29) is 18.5 Å². The van der Waals surface area contributed by atoms with Crippen molar-refractivity contribution in [2.45, 2.75) is 32.7 Å². The molecule has 31 heavy (non-hydrogen) atoms. The molecular weight excluding hydrogens is 391 g/mol. The van der Waals surface area contributed by atoms with Gasteiger partial charge >= 0.3 is 0 Å². The second kappa shape index (κ2) is 7.78. The molecule has 1 unspecified atom stereocenters. The van der Waals surface area contributed by atoms with Crippen LogP contribution in [-0.4, -0.2) is 38.9 Å². The summed E-state index contributed by atoms with van der Waals surface area (Å²) in [7, 11) is 0. The fourth-order valence-electron chi connectivity index (χ4n) is 4.50. The van der Waals surface area contributed by atoms with Crippen LogP contribution in [0.25, 0.3) is 28.0 Å². The van der Waals surface area contributed by atoms with Crippen LogP contribution in [0.5, 0.6) is 0 Å². The van der Waals surface area contributed by atoms with Crippen molar-refractivity contribution in [3.05, 3.63) is 71.7 Å². The van der Waals surface area contributed by atoms with Crippen LogP contribution in [0, 0.1) is 19.7 Å². The predicted octanol–water partition coefficient (Wildman–Crippen LogP) is 4.78. The predicted molar refractivity (Wildman–Crippen MR) is 121 cm³/mol. The molecule has 0 spiro atoms. The van der Waals surface area contributed by atoms with Crippen molar-refractivity contribution in [2.24, 2.45) is 0 Å². The quantitative estimate of drug-likeness (QED) is 0.520. The second-order valence-electron chi connectivity index (χ2n) is 8.21. The fraction of sp³-hybridized carbons (Fsp3) is 0.280. The molecule has 1 aliphatic heterocycles. The first-order valence-corrected chi connectivity index (χ1v) is 10.7. The Kier molecular flexibility index (Phi) is 4.94. The normalized spacial score (nSPS) is 16.4. The number of anilines is 1. The molecule has 1 aliphatic rings. The summed E-state index contributed by atoms with van der Waals surface area (Å²) < 4.78 is 16.6. The maximum atomic E-state index is 14.8. The van der Waals surface area contributed by atoms with Crippen LogP contribution in [0.2, 0.25) is 0 Å². The van der Waals surface area contributed by atoms with Gasteiger partial charge in [0.1, 0.15) is 11.6 Å². The Hall–Kier alpha value is -3.25. The van der Waals surface area contributed by atoms with E-state index in [4.69, 9.17) is 10.1 Å². The minimum absolute atomic E-state index is 0.0234. The van der Waals surface area contributed by atoms with Gasteiger partial charge in [0.25, 0.3) is 0 Å². The zero-order chi connectivity index (χ0) is 21.5. The lowest BCUT2D eigenvalue weighted by molar-refractivity contribution is 0.266. The lowest BCUT2D eigenvalue weighted by Crippen LogP contribution is -2.32. The molecule has 158 valence electrons. The zero-order valence-corrected chi connectivity index (χ0v) is 17.7. The van der Waals surface area contributed by atoms with E-state index in [9.17, 15) is 9.50 Å². The highest BCUT2D eigenvalue weighted by atomic mass is 19.1. The molecule has 0 amide bonds. The number of hydrogen-bond donors (Lipinski definition) is 1. The first-order chi connectivity index (χ1) is 15.1. The van der Waals surface area contributed by atoms with Crippen LogP contribution in [0.1, 0.15) is 24.1 Å². The summed E-state index contributed by atoms with van der Waals surface area (Å²) in [5.74, 6) is 0.446. The maximum absolute atomic E-state index is 14.8. The molecule has 2 aromatic carbocycles. The fourth-order valence-corrected chi connectivity index (χ4v) is 4.50. The largest absolute Gasteiger partial charge is 0.394 e. The molecule has 5 nitrogen and oxygen atoms in total. The van der Waals surface area contributed by atoms with Crippen molar-refractivity contribution in [1.29, 1.82) is 0 Å². The number of aliphatic hydroxyl groups excluding tert-OH is 1. The Morgan fingerprint density at radius 1 is 1.10 bits per heavy atom. The van der Waals surface area contributed by atoms with E-state index in [0.29, 0.717) is 16.9 Å². The molecule has 1 atom stereocenters. The van der Waals surface area contributed by atoms with Gasteiger partial charge in [-0.25, -0.2) is 13.9 Å². The van der Waals surface area contributed by atoms with Crippen LogP contribution in [-0.2, 0) is 0 Å². The standard InChI is InChI=1S/C25H25FN4O/c1-16-9-11-18(12-10-16)24-17(2)28-30-22(20-7-3-4-8-21(20)26)14-23(27-25(24)30)29-13-5-6-19(29)15-31/h3-4,7-12,14,19,31H,5-6,13,15H2,1-2H3. The molecule has 3 heterocycles. The molecule has 0 radical (unpaired) electrons. The number of fused-ring (bicyclic) bond motifs is 1. The number of aromatic nitrogens is 3. The molecule has 1 N–H and O–H groups in total. The molecule has 1 saturated heterocycles. The van der Waals surface area contributed by atoms with Crippen LogP contribution >= 0.6 is 0 Å². The second-order valence-corrected chi connectivity index (χ2v) is 8.21. The lowest BCUT2D eigenvalue weighted by atomic mass is 10.0. The van der Waals surface area contributed by atoms with Crippen molar-refractivity contribution in [1.82, 2.24) is 14.6 Å². The number of aryl methyl sites for hydroxylation is 2. The number of halogens is 1. The van der Waals surface area contributed by atoms with Crippen LogP contribution < -0.4 is 4.90 Å². The Morgan fingerprint density at radius 2 is 1.87 bits per heavy atom. The number of nitrogens with zero attached hydrogens (tertiary/aromatic N) is 4. The van der Waals surface area contributed by atoms with E-state index in [0.717, 1.165) is 42.0 Å². The number of benzene rings is 2. The summed E-state index contributed by atoms with van der Waals surface area (Å²) in [6, 6.07) is 17.0. The van der Waals surface area contributed by atoms with Crippen LogP contribution in [0.3, 0.4) is 0 Å². The molecule has 0 bridgehead atoms. The zero-order valence-electron chi connectivity index (χ0n) is 17.7. The van der Waals surface area contributed by atoms with Gasteiger partial charge in [0, 0.05) is 23.7 Å². The van der Waals surface area contributed by atoms with Gasteiger partial charge in [-0.05, 0) is 44.4 Å². The average Bonchev–Trinajstić information content (AvgIpc) is 3.38. The summed E-state index contributed by atoms with van der Waals surface area (Å²) in [4.78, 5) is 7.11. The van der Waals surface area contributed by atoms with Gasteiger partial charge in [-0.2, -0.15) is 5.10 Å². The first-order valence-electron chi connectivity index (χ1n) is 10.7. The smallest absolute Gasteiger partial charge is 0.166 e. The Bertz CT molecular complexity index is 1250. The minimum atomic E-state index is -0.300. The minimum Gasteiger partial charge on any atom is -0.394 e. The molecule has 6 heteroatoms. The average molecular weight is 417 g/mol. The topological polar surface area (TPSA) is 53.7 Å². The van der Waals surface area contributed by atoms with Gasteiger partial charge in [-0.3, -0.25) is 0 Å². The van der Waals surface area contributed by atoms with E-state index < -0.39 is 0 Å². The summed E-state index contributed by atoms with van der Waals surface area (Å²) in [5, 5.41) is 14.6. The van der Waals surface area contributed by atoms with E-state index in [1.165, 1.54) is 11.6 Å². The summed E-state index contributed by atoms with van der Waals surface area (Å²) in [6.07, 6.45) is 1.91. The Morgan fingerprint density at radius 3 is 2.61 bits per heavy atom. The van der Waals surface area contributed by atoms with Crippen molar-refractivity contribution in [2.75, 3.05) is 18.1 Å². The van der Waals surface area contributed by atoms with E-state index in [1.54, 1.807) is 16.6 Å². The number of aliphatic hydroxyl groups is 1. The van der Waals surface area contributed by atoms with Crippen molar-refractivity contribution in [3.8, 4) is 22.4 Å². The van der Waals surface area contributed by atoms with Crippen molar-refractivity contribution >= 4 is 11.5 Å². The Balaban J connectivity index is 1.80. The first kappa shape index (κ1) is 19.7. The van der Waals surface area contributed by atoms with Crippen molar-refractivity contribution in [3.63, 3.8) is 0 Å². The molecular formula is C25H25FN4O. The SMILES string of the molecule is Cc1ccc(-c2c(C)nn3c(-c4ccccc4F)cc(N4CCCC4CO)nc23)cc1. The highest BCUT2D eigenvalue weighted by Crippen LogP contribution is 2.35. The summed E-state index contributed by atoms with van der Waals surface area (Å²) in [6.45, 7) is 4.91. The molecule has 0 aliphatic carbocycles. The van der Waals surface area contributed by atoms with E-state index in [2.05, 4.69) is 36.1 Å². The number of hydrogen-bond acceptors (Lipinski definition) is 4. The molecule has 2 aromatic heterocycles.